The van der Waals surface area contributed by atoms with E-state index in [0.717, 1.165) is 18.2 Å². The molecule has 1 heterocycles. The van der Waals surface area contributed by atoms with E-state index < -0.39 is 24.3 Å². The summed E-state index contributed by atoms with van der Waals surface area (Å²) in [5.41, 5.74) is -0.992. The third-order valence-electron chi connectivity index (χ3n) is 3.89. The van der Waals surface area contributed by atoms with Crippen LogP contribution in [0.3, 0.4) is 0 Å². The Bertz CT molecular complexity index is 1030. The molecule has 0 aliphatic rings. The second kappa shape index (κ2) is 7.90. The number of aryl methyl sites for hydroxylation is 1. The summed E-state index contributed by atoms with van der Waals surface area (Å²) in [6.45, 7) is -1.67. The van der Waals surface area contributed by atoms with Crippen LogP contribution in [-0.4, -0.2) is 17.7 Å². The second-order valence-corrected chi connectivity index (χ2v) is 5.88. The van der Waals surface area contributed by atoms with E-state index in [2.05, 4.69) is 15.2 Å². The first-order valence-corrected chi connectivity index (χ1v) is 8.16. The Hall–Kier alpha value is -3.43. The van der Waals surface area contributed by atoms with Crippen molar-refractivity contribution in [3.05, 3.63) is 65.4 Å². The van der Waals surface area contributed by atoms with Crippen molar-refractivity contribution in [1.29, 1.82) is 0 Å². The molecule has 10 heteroatoms. The quantitative estimate of drug-likeness (QED) is 0.561. The van der Waals surface area contributed by atoms with Gasteiger partial charge in [0.15, 0.2) is 5.76 Å². The lowest BCUT2D eigenvalue weighted by Crippen LogP contribution is -2.14. The van der Waals surface area contributed by atoms with Crippen molar-refractivity contribution in [2.45, 2.75) is 19.7 Å². The van der Waals surface area contributed by atoms with Gasteiger partial charge in [-0.2, -0.15) is 22.0 Å². The molecular formula is C19H13F5N2O3. The van der Waals surface area contributed by atoms with Gasteiger partial charge < -0.3 is 14.6 Å². The summed E-state index contributed by atoms with van der Waals surface area (Å²) >= 11 is 0. The van der Waals surface area contributed by atoms with Gasteiger partial charge in [-0.15, -0.1) is 0 Å². The van der Waals surface area contributed by atoms with Crippen LogP contribution in [0.4, 0.5) is 27.6 Å². The fourth-order valence-corrected chi connectivity index (χ4v) is 2.64. The van der Waals surface area contributed by atoms with E-state index in [1.54, 1.807) is 0 Å². The van der Waals surface area contributed by atoms with Crippen LogP contribution in [0.2, 0.25) is 0 Å². The van der Waals surface area contributed by atoms with Crippen molar-refractivity contribution >= 4 is 11.6 Å². The normalized spacial score (nSPS) is 11.6. The number of benzene rings is 2. The first-order valence-electron chi connectivity index (χ1n) is 8.16. The van der Waals surface area contributed by atoms with Gasteiger partial charge in [0.2, 0.25) is 0 Å². The van der Waals surface area contributed by atoms with Crippen molar-refractivity contribution in [2.75, 3.05) is 5.32 Å². The highest BCUT2D eigenvalue weighted by atomic mass is 19.4. The van der Waals surface area contributed by atoms with Crippen LogP contribution in [-0.2, 0) is 6.18 Å². The van der Waals surface area contributed by atoms with Crippen molar-refractivity contribution in [3.8, 4) is 17.1 Å². The lowest BCUT2D eigenvalue weighted by Gasteiger charge is -2.11. The minimum Gasteiger partial charge on any atom is -0.434 e. The molecule has 1 amide bonds. The number of halogens is 5. The van der Waals surface area contributed by atoms with Gasteiger partial charge in [-0.25, -0.2) is 0 Å². The highest BCUT2D eigenvalue weighted by molar-refractivity contribution is 6.09. The molecule has 1 aromatic heterocycles. The molecular weight excluding hydrogens is 399 g/mol. The van der Waals surface area contributed by atoms with Gasteiger partial charge in [0.05, 0.1) is 16.8 Å². The summed E-state index contributed by atoms with van der Waals surface area (Å²) in [5.74, 6) is -1.21. The number of ether oxygens (including phenoxy) is 1. The Labute approximate surface area is 161 Å². The number of rotatable bonds is 5. The Morgan fingerprint density at radius 1 is 1.14 bits per heavy atom. The lowest BCUT2D eigenvalue weighted by molar-refractivity contribution is -0.137. The minimum atomic E-state index is -4.58. The topological polar surface area (TPSA) is 64.4 Å². The Balaban J connectivity index is 1.96. The molecule has 0 aliphatic heterocycles. The highest BCUT2D eigenvalue weighted by Crippen LogP contribution is 2.35. The van der Waals surface area contributed by atoms with Gasteiger partial charge in [0.25, 0.3) is 5.91 Å². The summed E-state index contributed by atoms with van der Waals surface area (Å²) < 4.78 is 73.5. The van der Waals surface area contributed by atoms with Gasteiger partial charge in [-0.1, -0.05) is 23.4 Å². The maximum atomic E-state index is 12.9. The molecule has 0 saturated carbocycles. The summed E-state index contributed by atoms with van der Waals surface area (Å²) in [6, 6.07) is 9.67. The number of hydrogen-bond donors (Lipinski definition) is 1. The summed E-state index contributed by atoms with van der Waals surface area (Å²) in [5, 5.41) is 6.01. The van der Waals surface area contributed by atoms with E-state index in [4.69, 9.17) is 4.52 Å². The number of aromatic nitrogens is 1. The lowest BCUT2D eigenvalue weighted by atomic mass is 10.0. The van der Waals surface area contributed by atoms with Crippen LogP contribution in [0.15, 0.2) is 53.1 Å². The van der Waals surface area contributed by atoms with Crippen molar-refractivity contribution in [2.24, 2.45) is 0 Å². The standard InChI is InChI=1S/C19H13F5N2O3/c1-10-15(17(27)25-12-6-4-5-11(9-12)19(22,23)24)16(29-26-10)13-7-2-3-8-14(13)28-18(20)21/h2-9,18H,1H3,(H,25,27). The average Bonchev–Trinajstić information content (AvgIpc) is 3.02. The number of carbonyl (C=O) groups excluding carboxylic acids is 1. The molecule has 3 aromatic rings. The van der Waals surface area contributed by atoms with Crippen LogP contribution in [0.5, 0.6) is 5.75 Å². The summed E-state index contributed by atoms with van der Waals surface area (Å²) in [7, 11) is 0. The molecule has 152 valence electrons. The van der Waals surface area contributed by atoms with Crippen LogP contribution in [0.1, 0.15) is 21.6 Å². The van der Waals surface area contributed by atoms with Gasteiger partial charge in [-0.3, -0.25) is 4.79 Å². The average molecular weight is 412 g/mol. The molecule has 5 nitrogen and oxygen atoms in total. The number of nitrogens with one attached hydrogen (secondary N) is 1. The molecule has 1 N–H and O–H groups in total. The van der Waals surface area contributed by atoms with Crippen LogP contribution < -0.4 is 10.1 Å². The summed E-state index contributed by atoms with van der Waals surface area (Å²) in [4.78, 5) is 12.7. The molecule has 0 bridgehead atoms. The van der Waals surface area contributed by atoms with Crippen LogP contribution in [0.25, 0.3) is 11.3 Å². The van der Waals surface area contributed by atoms with E-state index in [0.29, 0.717) is 0 Å². The third-order valence-corrected chi connectivity index (χ3v) is 3.89. The zero-order chi connectivity index (χ0) is 21.2. The summed E-state index contributed by atoms with van der Waals surface area (Å²) in [6.07, 6.45) is -4.58. The predicted molar refractivity (Wildman–Crippen MR) is 92.7 cm³/mol. The number of para-hydroxylation sites is 1. The first kappa shape index (κ1) is 20.3. The maximum Gasteiger partial charge on any atom is 0.416 e. The second-order valence-electron chi connectivity index (χ2n) is 5.88. The molecule has 0 unspecified atom stereocenters. The van der Waals surface area contributed by atoms with Crippen LogP contribution >= 0.6 is 0 Å². The van der Waals surface area contributed by atoms with E-state index in [1.807, 2.05) is 0 Å². The Morgan fingerprint density at radius 3 is 2.55 bits per heavy atom. The fraction of sp³-hybridized carbons (Fsp3) is 0.158. The maximum absolute atomic E-state index is 12.9. The number of carbonyl (C=O) groups is 1. The van der Waals surface area contributed by atoms with Crippen LogP contribution in [0, 0.1) is 6.92 Å². The number of hydrogen-bond acceptors (Lipinski definition) is 4. The van der Waals surface area contributed by atoms with Crippen molar-refractivity contribution < 1.29 is 36.0 Å². The smallest absolute Gasteiger partial charge is 0.416 e. The fourth-order valence-electron chi connectivity index (χ4n) is 2.64. The third kappa shape index (κ3) is 4.53. The monoisotopic (exact) mass is 412 g/mol. The van der Waals surface area contributed by atoms with E-state index in [1.165, 1.54) is 37.3 Å². The number of nitrogens with zero attached hydrogens (tertiary/aromatic N) is 1. The molecule has 0 saturated heterocycles. The minimum absolute atomic E-state index is 0.0441. The Morgan fingerprint density at radius 2 is 1.86 bits per heavy atom. The molecule has 3 rings (SSSR count). The molecule has 29 heavy (non-hydrogen) atoms. The van der Waals surface area contributed by atoms with Gasteiger partial charge >= 0.3 is 12.8 Å². The molecule has 2 aromatic carbocycles. The highest BCUT2D eigenvalue weighted by Gasteiger charge is 2.31. The van der Waals surface area contributed by atoms with Crippen molar-refractivity contribution in [1.82, 2.24) is 5.16 Å². The van der Waals surface area contributed by atoms with E-state index in [9.17, 15) is 26.7 Å². The molecule has 0 radical (unpaired) electrons. The van der Waals surface area contributed by atoms with E-state index >= 15 is 0 Å². The number of alkyl halides is 5. The largest absolute Gasteiger partial charge is 0.434 e. The molecule has 0 spiro atoms. The predicted octanol–water partition coefficient (Wildman–Crippen LogP) is 5.52. The number of anilines is 1. The SMILES string of the molecule is Cc1noc(-c2ccccc2OC(F)F)c1C(=O)Nc1cccc(C(F)(F)F)c1. The zero-order valence-electron chi connectivity index (χ0n) is 14.8. The number of amides is 1. The zero-order valence-corrected chi connectivity index (χ0v) is 14.8. The molecule has 0 aliphatic carbocycles. The van der Waals surface area contributed by atoms with Gasteiger partial charge in [0.1, 0.15) is 11.3 Å². The van der Waals surface area contributed by atoms with Gasteiger partial charge in [0, 0.05) is 5.69 Å². The Kier molecular flexibility index (Phi) is 5.53. The molecule has 0 fully saturated rings. The van der Waals surface area contributed by atoms with Gasteiger partial charge in [-0.05, 0) is 37.3 Å². The molecule has 0 atom stereocenters. The van der Waals surface area contributed by atoms with Crippen molar-refractivity contribution in [3.63, 3.8) is 0 Å². The first-order chi connectivity index (χ1) is 13.7. The van der Waals surface area contributed by atoms with E-state index in [-0.39, 0.29) is 34.0 Å².